The van der Waals surface area contributed by atoms with Gasteiger partial charge in [0.05, 0.1) is 20.5 Å². The number of nitrogens with one attached hydrogen (secondary N) is 1. The maximum Gasteiger partial charge on any atom is 0.261 e. The van der Waals surface area contributed by atoms with Gasteiger partial charge in [0.15, 0.2) is 0 Å². The maximum atomic E-state index is 12.4. The number of amides is 1. The van der Waals surface area contributed by atoms with Crippen LogP contribution in [0.5, 0.6) is 0 Å². The quantitative estimate of drug-likeness (QED) is 0.819. The van der Waals surface area contributed by atoms with Crippen molar-refractivity contribution in [3.8, 4) is 0 Å². The summed E-state index contributed by atoms with van der Waals surface area (Å²) in [4.78, 5) is 12.1. The third kappa shape index (κ3) is 3.83. The van der Waals surface area contributed by atoms with E-state index in [1.807, 2.05) is 13.8 Å². The first-order valence-corrected chi connectivity index (χ1v) is 9.35. The van der Waals surface area contributed by atoms with Gasteiger partial charge >= 0.3 is 0 Å². The normalized spacial score (nSPS) is 15.9. The molecular weight excluding hydrogens is 357 g/mol. The molecule has 0 saturated heterocycles. The highest BCUT2D eigenvalue weighted by atomic mass is 35.7. The van der Waals surface area contributed by atoms with Gasteiger partial charge in [0.25, 0.3) is 15.0 Å². The third-order valence-electron chi connectivity index (χ3n) is 3.56. The summed E-state index contributed by atoms with van der Waals surface area (Å²) in [6, 6.07) is 2.25. The summed E-state index contributed by atoms with van der Waals surface area (Å²) in [5.74, 6) is -0.0587. The summed E-state index contributed by atoms with van der Waals surface area (Å²) < 4.78 is 22.8. The van der Waals surface area contributed by atoms with E-state index in [1.165, 1.54) is 0 Å². The fraction of sp³-hybridized carbons (Fsp3) is 0.462. The van der Waals surface area contributed by atoms with Crippen molar-refractivity contribution < 1.29 is 13.2 Å². The Kier molecular flexibility index (Phi) is 4.51. The lowest BCUT2D eigenvalue weighted by atomic mass is 9.98. The molecule has 1 saturated carbocycles. The Balaban J connectivity index is 2.38. The first kappa shape index (κ1) is 16.9. The van der Waals surface area contributed by atoms with E-state index < -0.39 is 15.0 Å². The Morgan fingerprint density at radius 1 is 1.29 bits per heavy atom. The number of hydrogen-bond acceptors (Lipinski definition) is 3. The zero-order valence-corrected chi connectivity index (χ0v) is 14.5. The van der Waals surface area contributed by atoms with Crippen molar-refractivity contribution in [3.05, 3.63) is 27.7 Å². The minimum Gasteiger partial charge on any atom is -0.347 e. The predicted molar refractivity (Wildman–Crippen MR) is 83.8 cm³/mol. The number of carbonyl (C=O) groups excluding carboxylic acids is 1. The fourth-order valence-electron chi connectivity index (χ4n) is 2.14. The van der Waals surface area contributed by atoms with Gasteiger partial charge < -0.3 is 5.32 Å². The molecule has 116 valence electrons. The van der Waals surface area contributed by atoms with Gasteiger partial charge in [-0.2, -0.15) is 0 Å². The molecule has 0 heterocycles. The van der Waals surface area contributed by atoms with Crippen molar-refractivity contribution in [3.63, 3.8) is 0 Å². The van der Waals surface area contributed by atoms with Crippen molar-refractivity contribution in [2.75, 3.05) is 0 Å². The van der Waals surface area contributed by atoms with Crippen LogP contribution in [-0.4, -0.2) is 19.9 Å². The Morgan fingerprint density at radius 3 is 2.33 bits per heavy atom. The molecule has 8 heteroatoms. The molecule has 1 amide bonds. The van der Waals surface area contributed by atoms with Gasteiger partial charge in [-0.15, -0.1) is 0 Å². The SMILES string of the molecule is CC(C)(NC(=O)c1cc(S(=O)(=O)Cl)cc(Cl)c1Cl)C1CC1. The summed E-state index contributed by atoms with van der Waals surface area (Å²) in [5.41, 5.74) is -0.389. The van der Waals surface area contributed by atoms with Crippen LogP contribution in [0.3, 0.4) is 0 Å². The second kappa shape index (κ2) is 5.61. The second-order valence-corrected chi connectivity index (χ2v) is 9.01. The van der Waals surface area contributed by atoms with E-state index in [0.717, 1.165) is 25.0 Å². The van der Waals surface area contributed by atoms with Gasteiger partial charge in [0, 0.05) is 16.2 Å². The highest BCUT2D eigenvalue weighted by Gasteiger charge is 2.39. The Bertz CT molecular complexity index is 697. The van der Waals surface area contributed by atoms with Gasteiger partial charge in [-0.25, -0.2) is 8.42 Å². The largest absolute Gasteiger partial charge is 0.347 e. The first-order chi connectivity index (χ1) is 9.52. The van der Waals surface area contributed by atoms with E-state index in [2.05, 4.69) is 5.32 Å². The molecule has 0 bridgehead atoms. The van der Waals surface area contributed by atoms with Gasteiger partial charge in [-0.3, -0.25) is 4.79 Å². The highest BCUT2D eigenvalue weighted by Crippen LogP contribution is 2.39. The number of benzene rings is 1. The lowest BCUT2D eigenvalue weighted by molar-refractivity contribution is 0.0903. The number of carbonyl (C=O) groups is 1. The van der Waals surface area contributed by atoms with E-state index in [1.54, 1.807) is 0 Å². The van der Waals surface area contributed by atoms with E-state index >= 15 is 0 Å². The molecule has 0 aromatic heterocycles. The summed E-state index contributed by atoms with van der Waals surface area (Å²) >= 11 is 11.9. The third-order valence-corrected chi connectivity index (χ3v) is 5.70. The Morgan fingerprint density at radius 2 is 1.86 bits per heavy atom. The van der Waals surface area contributed by atoms with E-state index in [9.17, 15) is 13.2 Å². The summed E-state index contributed by atoms with van der Waals surface area (Å²) in [6.07, 6.45) is 2.11. The minimum atomic E-state index is -4.00. The van der Waals surface area contributed by atoms with Crippen LogP contribution in [-0.2, 0) is 9.05 Å². The van der Waals surface area contributed by atoms with Crippen LogP contribution in [0.15, 0.2) is 17.0 Å². The lowest BCUT2D eigenvalue weighted by Crippen LogP contribution is -2.45. The predicted octanol–water partition coefficient (Wildman–Crippen LogP) is 3.84. The molecule has 4 nitrogen and oxygen atoms in total. The van der Waals surface area contributed by atoms with Crippen molar-refractivity contribution in [2.24, 2.45) is 5.92 Å². The number of rotatable bonds is 4. The maximum absolute atomic E-state index is 12.4. The van der Waals surface area contributed by atoms with Gasteiger partial charge in [-0.1, -0.05) is 23.2 Å². The fourth-order valence-corrected chi connectivity index (χ4v) is 3.40. The highest BCUT2D eigenvalue weighted by molar-refractivity contribution is 8.13. The molecule has 1 aromatic rings. The average molecular weight is 371 g/mol. The molecule has 0 unspecified atom stereocenters. The van der Waals surface area contributed by atoms with Crippen LogP contribution < -0.4 is 5.32 Å². The van der Waals surface area contributed by atoms with Crippen LogP contribution in [0.4, 0.5) is 0 Å². The molecule has 0 radical (unpaired) electrons. The molecule has 1 aliphatic rings. The topological polar surface area (TPSA) is 63.2 Å². The minimum absolute atomic E-state index is 0.00267. The lowest BCUT2D eigenvalue weighted by Gasteiger charge is -2.26. The molecule has 1 aliphatic carbocycles. The van der Waals surface area contributed by atoms with Crippen LogP contribution >= 0.6 is 33.9 Å². The molecule has 1 aromatic carbocycles. The molecule has 21 heavy (non-hydrogen) atoms. The van der Waals surface area contributed by atoms with Gasteiger partial charge in [-0.05, 0) is 44.7 Å². The smallest absolute Gasteiger partial charge is 0.261 e. The van der Waals surface area contributed by atoms with Crippen molar-refractivity contribution in [1.82, 2.24) is 5.32 Å². The van der Waals surface area contributed by atoms with Crippen LogP contribution in [0.1, 0.15) is 37.0 Å². The summed E-state index contributed by atoms with van der Waals surface area (Å²) in [5, 5.41) is 2.83. The van der Waals surface area contributed by atoms with E-state index in [-0.39, 0.29) is 26.0 Å². The Labute approximate surface area is 138 Å². The van der Waals surface area contributed by atoms with Crippen molar-refractivity contribution in [2.45, 2.75) is 37.1 Å². The molecule has 1 N–H and O–H groups in total. The molecule has 2 rings (SSSR count). The van der Waals surface area contributed by atoms with Gasteiger partial charge in [0.2, 0.25) is 0 Å². The zero-order chi connectivity index (χ0) is 16.0. The van der Waals surface area contributed by atoms with E-state index in [0.29, 0.717) is 5.92 Å². The molecular formula is C13H14Cl3NO3S. The summed E-state index contributed by atoms with van der Waals surface area (Å²) in [6.45, 7) is 3.83. The average Bonchev–Trinajstić information content (AvgIpc) is 3.14. The van der Waals surface area contributed by atoms with E-state index in [4.69, 9.17) is 33.9 Å². The standard InChI is InChI=1S/C13H14Cl3NO3S/c1-13(2,7-3-4-7)17-12(18)9-5-8(21(16,19)20)6-10(14)11(9)15/h5-7H,3-4H2,1-2H3,(H,17,18). The first-order valence-electron chi connectivity index (χ1n) is 6.28. The van der Waals surface area contributed by atoms with Crippen LogP contribution in [0.2, 0.25) is 10.0 Å². The molecule has 0 spiro atoms. The number of halogens is 3. The zero-order valence-electron chi connectivity index (χ0n) is 11.4. The molecule has 1 fully saturated rings. The molecule has 0 aliphatic heterocycles. The number of hydrogen-bond donors (Lipinski definition) is 1. The monoisotopic (exact) mass is 369 g/mol. The van der Waals surface area contributed by atoms with Crippen molar-refractivity contribution >= 4 is 48.8 Å². The van der Waals surface area contributed by atoms with Crippen molar-refractivity contribution in [1.29, 1.82) is 0 Å². The van der Waals surface area contributed by atoms with Crippen LogP contribution in [0, 0.1) is 5.92 Å². The summed E-state index contributed by atoms with van der Waals surface area (Å²) in [7, 11) is 1.30. The second-order valence-electron chi connectivity index (χ2n) is 5.65. The Hall–Kier alpha value is -0.490. The van der Waals surface area contributed by atoms with Gasteiger partial charge in [0.1, 0.15) is 0 Å². The molecule has 0 atom stereocenters. The van der Waals surface area contributed by atoms with Crippen LogP contribution in [0.25, 0.3) is 0 Å².